The fourth-order valence-electron chi connectivity index (χ4n) is 2.41. The van der Waals surface area contributed by atoms with Crippen LogP contribution in [0.2, 0.25) is 5.02 Å². The van der Waals surface area contributed by atoms with Crippen molar-refractivity contribution < 1.29 is 14.6 Å². The highest BCUT2D eigenvalue weighted by molar-refractivity contribution is 6.33. The third-order valence-corrected chi connectivity index (χ3v) is 3.83. The number of rotatable bonds is 5. The average Bonchev–Trinajstić information content (AvgIpc) is 2.54. The Balaban J connectivity index is 2.17. The first-order valence-electron chi connectivity index (χ1n) is 8.23. The molecule has 0 spiro atoms. The van der Waals surface area contributed by atoms with Gasteiger partial charge in [-0.05, 0) is 38.0 Å². The Morgan fingerprint density at radius 2 is 1.84 bits per heavy atom. The highest BCUT2D eigenvalue weighted by atomic mass is 35.5. The van der Waals surface area contributed by atoms with E-state index in [9.17, 15) is 9.90 Å². The lowest BCUT2D eigenvalue weighted by Gasteiger charge is -2.27. The van der Waals surface area contributed by atoms with Crippen LogP contribution in [0.25, 0.3) is 11.1 Å². The second-order valence-corrected chi connectivity index (χ2v) is 7.21. The van der Waals surface area contributed by atoms with Crippen molar-refractivity contribution in [1.29, 1.82) is 0 Å². The molecule has 1 N–H and O–H groups in total. The van der Waals surface area contributed by atoms with Crippen LogP contribution in [-0.4, -0.2) is 34.9 Å². The number of halogens is 1. The molecule has 0 aliphatic carbocycles. The molecule has 0 bridgehead atoms. The van der Waals surface area contributed by atoms with Gasteiger partial charge in [0.05, 0.1) is 6.61 Å². The minimum atomic E-state index is -0.584. The van der Waals surface area contributed by atoms with Crippen molar-refractivity contribution in [3.63, 3.8) is 0 Å². The van der Waals surface area contributed by atoms with Gasteiger partial charge < -0.3 is 14.7 Å². The van der Waals surface area contributed by atoms with E-state index in [0.717, 1.165) is 16.7 Å². The zero-order valence-corrected chi connectivity index (χ0v) is 15.6. The van der Waals surface area contributed by atoms with Crippen LogP contribution in [-0.2, 0) is 11.3 Å². The van der Waals surface area contributed by atoms with Crippen molar-refractivity contribution in [1.82, 2.24) is 4.90 Å². The number of hydrogen-bond acceptors (Lipinski definition) is 3. The van der Waals surface area contributed by atoms with Gasteiger partial charge in [-0.25, -0.2) is 4.79 Å². The largest absolute Gasteiger partial charge is 0.444 e. The molecule has 0 atom stereocenters. The zero-order chi connectivity index (χ0) is 18.4. The van der Waals surface area contributed by atoms with E-state index < -0.39 is 11.7 Å². The van der Waals surface area contributed by atoms with Gasteiger partial charge in [0, 0.05) is 23.7 Å². The second kappa shape index (κ2) is 8.37. The SMILES string of the molecule is CC(C)(C)OC(=O)N(CCO)Cc1ccc(-c2ccccc2)c(Cl)c1. The molecule has 2 aromatic carbocycles. The number of amides is 1. The van der Waals surface area contributed by atoms with E-state index >= 15 is 0 Å². The molecule has 1 amide bonds. The predicted molar refractivity (Wildman–Crippen MR) is 101 cm³/mol. The summed E-state index contributed by atoms with van der Waals surface area (Å²) in [6, 6.07) is 15.6. The molecule has 2 aromatic rings. The van der Waals surface area contributed by atoms with Gasteiger partial charge in [0.15, 0.2) is 0 Å². The molecule has 134 valence electrons. The Hall–Kier alpha value is -2.04. The third-order valence-electron chi connectivity index (χ3n) is 3.51. The molecule has 0 saturated carbocycles. The molecule has 25 heavy (non-hydrogen) atoms. The van der Waals surface area contributed by atoms with Crippen molar-refractivity contribution in [3.05, 3.63) is 59.1 Å². The smallest absolute Gasteiger partial charge is 0.410 e. The van der Waals surface area contributed by atoms with E-state index in [2.05, 4.69) is 0 Å². The van der Waals surface area contributed by atoms with Gasteiger partial charge in [0.25, 0.3) is 0 Å². The van der Waals surface area contributed by atoms with Gasteiger partial charge in [-0.15, -0.1) is 0 Å². The Bertz CT molecular complexity index is 711. The number of nitrogens with zero attached hydrogens (tertiary/aromatic N) is 1. The summed E-state index contributed by atoms with van der Waals surface area (Å²) in [6.07, 6.45) is -0.454. The molecule has 0 aliphatic rings. The lowest BCUT2D eigenvalue weighted by molar-refractivity contribution is 0.0201. The molecular formula is C20H24ClNO3. The van der Waals surface area contributed by atoms with E-state index in [4.69, 9.17) is 16.3 Å². The Labute approximate surface area is 154 Å². The molecule has 0 heterocycles. The molecule has 0 radical (unpaired) electrons. The van der Waals surface area contributed by atoms with Crippen LogP contribution in [0, 0.1) is 0 Å². The Morgan fingerprint density at radius 3 is 2.40 bits per heavy atom. The molecule has 5 heteroatoms. The topological polar surface area (TPSA) is 49.8 Å². The van der Waals surface area contributed by atoms with E-state index in [0.29, 0.717) is 11.6 Å². The lowest BCUT2D eigenvalue weighted by Crippen LogP contribution is -2.38. The summed E-state index contributed by atoms with van der Waals surface area (Å²) in [5.41, 5.74) is 2.28. The predicted octanol–water partition coefficient (Wildman–Crippen LogP) is 4.74. The Morgan fingerprint density at radius 1 is 1.16 bits per heavy atom. The van der Waals surface area contributed by atoms with Gasteiger partial charge >= 0.3 is 6.09 Å². The summed E-state index contributed by atoms with van der Waals surface area (Å²) in [7, 11) is 0. The van der Waals surface area contributed by atoms with Crippen LogP contribution in [0.5, 0.6) is 0 Å². The molecular weight excluding hydrogens is 338 g/mol. The van der Waals surface area contributed by atoms with Gasteiger partial charge in [-0.2, -0.15) is 0 Å². The summed E-state index contributed by atoms with van der Waals surface area (Å²) in [5, 5.41) is 9.86. The number of hydrogen-bond donors (Lipinski definition) is 1. The van der Waals surface area contributed by atoms with E-state index in [1.165, 1.54) is 4.90 Å². The van der Waals surface area contributed by atoms with E-state index in [1.807, 2.05) is 69.3 Å². The van der Waals surface area contributed by atoms with E-state index in [-0.39, 0.29) is 13.2 Å². The molecule has 0 unspecified atom stereocenters. The van der Waals surface area contributed by atoms with Crippen LogP contribution in [0.1, 0.15) is 26.3 Å². The van der Waals surface area contributed by atoms with Crippen molar-refractivity contribution in [2.24, 2.45) is 0 Å². The summed E-state index contributed by atoms with van der Waals surface area (Å²) in [4.78, 5) is 13.8. The number of aliphatic hydroxyl groups is 1. The monoisotopic (exact) mass is 361 g/mol. The molecule has 4 nitrogen and oxygen atoms in total. The maximum absolute atomic E-state index is 12.3. The quantitative estimate of drug-likeness (QED) is 0.837. The molecule has 0 fully saturated rings. The maximum Gasteiger partial charge on any atom is 0.410 e. The first-order valence-corrected chi connectivity index (χ1v) is 8.60. The first-order chi connectivity index (χ1) is 11.8. The third kappa shape index (κ3) is 5.76. The van der Waals surface area contributed by atoms with Crippen molar-refractivity contribution in [2.45, 2.75) is 32.9 Å². The highest BCUT2D eigenvalue weighted by Gasteiger charge is 2.22. The maximum atomic E-state index is 12.3. The average molecular weight is 362 g/mol. The lowest BCUT2D eigenvalue weighted by atomic mass is 10.0. The van der Waals surface area contributed by atoms with Crippen LogP contribution >= 0.6 is 11.6 Å². The highest BCUT2D eigenvalue weighted by Crippen LogP contribution is 2.29. The summed E-state index contributed by atoms with van der Waals surface area (Å²) < 4.78 is 5.39. The van der Waals surface area contributed by atoms with Crippen molar-refractivity contribution >= 4 is 17.7 Å². The summed E-state index contributed by atoms with van der Waals surface area (Å²) in [5.74, 6) is 0. The van der Waals surface area contributed by atoms with E-state index in [1.54, 1.807) is 0 Å². The van der Waals surface area contributed by atoms with Gasteiger partial charge in [-0.3, -0.25) is 0 Å². The number of aliphatic hydroxyl groups excluding tert-OH is 1. The summed E-state index contributed by atoms with van der Waals surface area (Å²) in [6.45, 7) is 5.83. The number of benzene rings is 2. The van der Waals surface area contributed by atoms with Gasteiger partial charge in [-0.1, -0.05) is 54.1 Å². The Kier molecular flexibility index (Phi) is 6.45. The zero-order valence-electron chi connectivity index (χ0n) is 14.8. The van der Waals surface area contributed by atoms with Gasteiger partial charge in [0.1, 0.15) is 5.60 Å². The van der Waals surface area contributed by atoms with Crippen LogP contribution in [0.4, 0.5) is 4.79 Å². The molecule has 0 aromatic heterocycles. The second-order valence-electron chi connectivity index (χ2n) is 6.81. The molecule has 2 rings (SSSR count). The van der Waals surface area contributed by atoms with Crippen molar-refractivity contribution in [2.75, 3.05) is 13.2 Å². The van der Waals surface area contributed by atoms with Crippen molar-refractivity contribution in [3.8, 4) is 11.1 Å². The molecule has 0 aliphatic heterocycles. The first kappa shape index (κ1) is 19.3. The normalized spacial score (nSPS) is 11.2. The summed E-state index contributed by atoms with van der Waals surface area (Å²) >= 11 is 6.43. The number of carbonyl (C=O) groups excluding carboxylic acids is 1. The fourth-order valence-corrected chi connectivity index (χ4v) is 2.72. The molecule has 0 saturated heterocycles. The van der Waals surface area contributed by atoms with Crippen LogP contribution in [0.15, 0.2) is 48.5 Å². The van der Waals surface area contributed by atoms with Crippen LogP contribution in [0.3, 0.4) is 0 Å². The number of carbonyl (C=O) groups is 1. The van der Waals surface area contributed by atoms with Gasteiger partial charge in [0.2, 0.25) is 0 Å². The number of ether oxygens (including phenoxy) is 1. The minimum absolute atomic E-state index is 0.130. The van der Waals surface area contributed by atoms with Crippen LogP contribution < -0.4 is 0 Å². The fraction of sp³-hybridized carbons (Fsp3) is 0.350. The standard InChI is InChI=1S/C20H24ClNO3/c1-20(2,3)25-19(24)22(11-12-23)14-15-9-10-17(18(21)13-15)16-7-5-4-6-8-16/h4-10,13,23H,11-12,14H2,1-3H3. The minimum Gasteiger partial charge on any atom is -0.444 e.